The van der Waals surface area contributed by atoms with Gasteiger partial charge >= 0.3 is 0 Å². The molecule has 0 amide bonds. The minimum Gasteiger partial charge on any atom is -0.305 e. The van der Waals surface area contributed by atoms with Crippen LogP contribution in [-0.2, 0) is 6.54 Å². The monoisotopic (exact) mass is 239 g/mol. The SMILES string of the molecule is Cc1cccc(-c2ccc(C)cc2CN(C)C)c1. The lowest BCUT2D eigenvalue weighted by atomic mass is 9.96. The molecule has 0 aromatic heterocycles. The van der Waals surface area contributed by atoms with Gasteiger partial charge in [-0.3, -0.25) is 0 Å². The van der Waals surface area contributed by atoms with E-state index >= 15 is 0 Å². The first-order valence-corrected chi connectivity index (χ1v) is 6.37. The van der Waals surface area contributed by atoms with Crippen LogP contribution in [0.5, 0.6) is 0 Å². The molecule has 0 unspecified atom stereocenters. The van der Waals surface area contributed by atoms with Crippen molar-refractivity contribution < 1.29 is 0 Å². The van der Waals surface area contributed by atoms with E-state index in [4.69, 9.17) is 0 Å². The molecule has 18 heavy (non-hydrogen) atoms. The highest BCUT2D eigenvalue weighted by Gasteiger charge is 2.06. The molecule has 0 spiro atoms. The van der Waals surface area contributed by atoms with Gasteiger partial charge in [-0.05, 0) is 44.6 Å². The van der Waals surface area contributed by atoms with E-state index in [1.165, 1.54) is 27.8 Å². The molecule has 0 aliphatic rings. The molecular weight excluding hydrogens is 218 g/mol. The molecule has 2 aromatic carbocycles. The van der Waals surface area contributed by atoms with Crippen molar-refractivity contribution in [1.29, 1.82) is 0 Å². The molecule has 0 saturated carbocycles. The standard InChI is InChI=1S/C17H21N/c1-13-6-5-7-15(10-13)17-9-8-14(2)11-16(17)12-18(3)4/h5-11H,12H2,1-4H3. The Morgan fingerprint density at radius 2 is 1.61 bits per heavy atom. The van der Waals surface area contributed by atoms with Crippen LogP contribution in [0.15, 0.2) is 42.5 Å². The number of hydrogen-bond donors (Lipinski definition) is 0. The first kappa shape index (κ1) is 12.8. The summed E-state index contributed by atoms with van der Waals surface area (Å²) in [5.41, 5.74) is 6.68. The molecule has 1 heteroatoms. The van der Waals surface area contributed by atoms with Crippen molar-refractivity contribution in [3.8, 4) is 11.1 Å². The summed E-state index contributed by atoms with van der Waals surface area (Å²) in [6.07, 6.45) is 0. The zero-order valence-electron chi connectivity index (χ0n) is 11.7. The fourth-order valence-electron chi connectivity index (χ4n) is 2.29. The number of aryl methyl sites for hydroxylation is 2. The second-order valence-corrected chi connectivity index (χ2v) is 5.27. The molecule has 2 rings (SSSR count). The van der Waals surface area contributed by atoms with Crippen molar-refractivity contribution >= 4 is 0 Å². The predicted molar refractivity (Wildman–Crippen MR) is 78.7 cm³/mol. The smallest absolute Gasteiger partial charge is 0.0233 e. The molecule has 0 bridgehead atoms. The zero-order valence-corrected chi connectivity index (χ0v) is 11.7. The second-order valence-electron chi connectivity index (χ2n) is 5.27. The number of nitrogens with zero attached hydrogens (tertiary/aromatic N) is 1. The first-order valence-electron chi connectivity index (χ1n) is 6.37. The first-order chi connectivity index (χ1) is 8.56. The molecule has 94 valence electrons. The van der Waals surface area contributed by atoms with E-state index in [1.807, 2.05) is 0 Å². The molecule has 0 fully saturated rings. The van der Waals surface area contributed by atoms with Crippen LogP contribution in [0.1, 0.15) is 16.7 Å². The van der Waals surface area contributed by atoms with Crippen LogP contribution in [0.3, 0.4) is 0 Å². The maximum Gasteiger partial charge on any atom is 0.0233 e. The maximum absolute atomic E-state index is 2.29. The highest BCUT2D eigenvalue weighted by Crippen LogP contribution is 2.26. The van der Waals surface area contributed by atoms with Gasteiger partial charge in [-0.15, -0.1) is 0 Å². The summed E-state index contributed by atoms with van der Waals surface area (Å²) in [5.74, 6) is 0. The summed E-state index contributed by atoms with van der Waals surface area (Å²) < 4.78 is 0. The van der Waals surface area contributed by atoms with Crippen molar-refractivity contribution in [1.82, 2.24) is 4.90 Å². The van der Waals surface area contributed by atoms with Crippen molar-refractivity contribution in [2.45, 2.75) is 20.4 Å². The minimum atomic E-state index is 0.977. The molecule has 1 nitrogen and oxygen atoms in total. The van der Waals surface area contributed by atoms with Crippen LogP contribution in [0, 0.1) is 13.8 Å². The van der Waals surface area contributed by atoms with E-state index in [1.54, 1.807) is 0 Å². The molecule has 0 aliphatic heterocycles. The van der Waals surface area contributed by atoms with E-state index in [9.17, 15) is 0 Å². The van der Waals surface area contributed by atoms with E-state index in [-0.39, 0.29) is 0 Å². The summed E-state index contributed by atoms with van der Waals surface area (Å²) in [6, 6.07) is 15.4. The lowest BCUT2D eigenvalue weighted by Gasteiger charge is -2.15. The van der Waals surface area contributed by atoms with Crippen LogP contribution < -0.4 is 0 Å². The Morgan fingerprint density at radius 3 is 2.28 bits per heavy atom. The molecule has 0 atom stereocenters. The van der Waals surface area contributed by atoms with Gasteiger partial charge in [-0.2, -0.15) is 0 Å². The van der Waals surface area contributed by atoms with Gasteiger partial charge in [0.25, 0.3) is 0 Å². The topological polar surface area (TPSA) is 3.24 Å². The molecule has 0 saturated heterocycles. The third-order valence-electron chi connectivity index (χ3n) is 3.08. The maximum atomic E-state index is 2.29. The van der Waals surface area contributed by atoms with E-state index in [0.717, 1.165) is 6.54 Å². The van der Waals surface area contributed by atoms with Gasteiger partial charge in [0.2, 0.25) is 0 Å². The fourth-order valence-corrected chi connectivity index (χ4v) is 2.29. The molecule has 0 heterocycles. The van der Waals surface area contributed by atoms with E-state index in [0.29, 0.717) is 0 Å². The van der Waals surface area contributed by atoms with E-state index < -0.39 is 0 Å². The van der Waals surface area contributed by atoms with Gasteiger partial charge in [0.05, 0.1) is 0 Å². The molecule has 0 aliphatic carbocycles. The Labute approximate surface area is 110 Å². The highest BCUT2D eigenvalue weighted by molar-refractivity contribution is 5.68. The Hall–Kier alpha value is -1.60. The number of benzene rings is 2. The van der Waals surface area contributed by atoms with Crippen LogP contribution in [0.25, 0.3) is 11.1 Å². The molecule has 2 aromatic rings. The Bertz CT molecular complexity index is 541. The normalized spacial score (nSPS) is 10.9. The minimum absolute atomic E-state index is 0.977. The average Bonchev–Trinajstić information content (AvgIpc) is 2.28. The van der Waals surface area contributed by atoms with Crippen LogP contribution >= 0.6 is 0 Å². The lowest BCUT2D eigenvalue weighted by molar-refractivity contribution is 0.403. The van der Waals surface area contributed by atoms with Gasteiger partial charge in [-0.1, -0.05) is 53.6 Å². The lowest BCUT2D eigenvalue weighted by Crippen LogP contribution is -2.11. The third-order valence-corrected chi connectivity index (χ3v) is 3.08. The summed E-state index contributed by atoms with van der Waals surface area (Å²) >= 11 is 0. The van der Waals surface area contributed by atoms with E-state index in [2.05, 4.69) is 75.3 Å². The molecule has 0 radical (unpaired) electrons. The summed E-state index contributed by atoms with van der Waals surface area (Å²) in [5, 5.41) is 0. The van der Waals surface area contributed by atoms with Crippen LogP contribution in [0.2, 0.25) is 0 Å². The van der Waals surface area contributed by atoms with Gasteiger partial charge in [0.1, 0.15) is 0 Å². The quantitative estimate of drug-likeness (QED) is 0.781. The zero-order chi connectivity index (χ0) is 13.1. The third kappa shape index (κ3) is 2.99. The summed E-state index contributed by atoms with van der Waals surface area (Å²) in [7, 11) is 4.23. The van der Waals surface area contributed by atoms with Crippen LogP contribution in [0.4, 0.5) is 0 Å². The molecule has 0 N–H and O–H groups in total. The Kier molecular flexibility index (Phi) is 3.83. The van der Waals surface area contributed by atoms with Gasteiger partial charge in [-0.25, -0.2) is 0 Å². The predicted octanol–water partition coefficient (Wildman–Crippen LogP) is 4.03. The van der Waals surface area contributed by atoms with Crippen molar-refractivity contribution in [2.75, 3.05) is 14.1 Å². The summed E-state index contributed by atoms with van der Waals surface area (Å²) in [6.45, 7) is 5.27. The van der Waals surface area contributed by atoms with Crippen molar-refractivity contribution in [3.05, 3.63) is 59.2 Å². The fraction of sp³-hybridized carbons (Fsp3) is 0.294. The van der Waals surface area contributed by atoms with Gasteiger partial charge in [0.15, 0.2) is 0 Å². The number of hydrogen-bond acceptors (Lipinski definition) is 1. The second kappa shape index (κ2) is 5.36. The highest BCUT2D eigenvalue weighted by atomic mass is 15.0. The Morgan fingerprint density at radius 1 is 0.889 bits per heavy atom. The van der Waals surface area contributed by atoms with Crippen LogP contribution in [-0.4, -0.2) is 19.0 Å². The van der Waals surface area contributed by atoms with Gasteiger partial charge in [0, 0.05) is 6.54 Å². The average molecular weight is 239 g/mol. The van der Waals surface area contributed by atoms with Gasteiger partial charge < -0.3 is 4.90 Å². The summed E-state index contributed by atoms with van der Waals surface area (Å²) in [4.78, 5) is 2.22. The largest absolute Gasteiger partial charge is 0.305 e. The Balaban J connectivity index is 2.49. The number of rotatable bonds is 3. The van der Waals surface area contributed by atoms with Crippen molar-refractivity contribution in [3.63, 3.8) is 0 Å². The van der Waals surface area contributed by atoms with Crippen molar-refractivity contribution in [2.24, 2.45) is 0 Å². The molecular formula is C17H21N.